The molecule has 124 valence electrons. The molecule has 23 heavy (non-hydrogen) atoms. The lowest BCUT2D eigenvalue weighted by atomic mass is 9.99. The maximum absolute atomic E-state index is 14.0. The number of halogens is 2. The van der Waals surface area contributed by atoms with Crippen molar-refractivity contribution in [2.24, 2.45) is 5.92 Å². The molecule has 0 amide bonds. The summed E-state index contributed by atoms with van der Waals surface area (Å²) in [6, 6.07) is 3.97. The Morgan fingerprint density at radius 2 is 1.91 bits per heavy atom. The van der Waals surface area contributed by atoms with Gasteiger partial charge in [0.25, 0.3) is 0 Å². The van der Waals surface area contributed by atoms with Crippen LogP contribution in [0.25, 0.3) is 10.9 Å². The smallest absolute Gasteiger partial charge is 0.149 e. The summed E-state index contributed by atoms with van der Waals surface area (Å²) < 4.78 is 27.8. The lowest BCUT2D eigenvalue weighted by molar-refractivity contribution is 0.192. The molecule has 2 heterocycles. The molecule has 0 atom stereocenters. The number of hydrogen-bond acceptors (Lipinski definition) is 3. The summed E-state index contributed by atoms with van der Waals surface area (Å²) in [5.74, 6) is -0.0973. The van der Waals surface area contributed by atoms with Gasteiger partial charge in [0.1, 0.15) is 17.2 Å². The van der Waals surface area contributed by atoms with E-state index in [2.05, 4.69) is 22.1 Å². The van der Waals surface area contributed by atoms with Crippen LogP contribution < -0.4 is 5.32 Å². The van der Waals surface area contributed by atoms with Gasteiger partial charge >= 0.3 is 0 Å². The molecule has 0 bridgehead atoms. The van der Waals surface area contributed by atoms with Crippen molar-refractivity contribution in [2.45, 2.75) is 26.2 Å². The van der Waals surface area contributed by atoms with E-state index in [0.717, 1.165) is 37.6 Å². The summed E-state index contributed by atoms with van der Waals surface area (Å²) >= 11 is 0. The summed E-state index contributed by atoms with van der Waals surface area (Å²) in [6.45, 7) is 6.42. The van der Waals surface area contributed by atoms with Gasteiger partial charge in [0, 0.05) is 18.4 Å². The fraction of sp³-hybridized carbons (Fsp3) is 0.500. The van der Waals surface area contributed by atoms with E-state index in [1.807, 2.05) is 0 Å². The molecule has 5 heteroatoms. The fourth-order valence-corrected chi connectivity index (χ4v) is 3.15. The van der Waals surface area contributed by atoms with E-state index in [1.165, 1.54) is 32.1 Å². The highest BCUT2D eigenvalue weighted by Crippen LogP contribution is 2.26. The van der Waals surface area contributed by atoms with Crippen LogP contribution in [0, 0.1) is 17.6 Å². The third kappa shape index (κ3) is 3.78. The normalized spacial score (nSPS) is 16.8. The Bertz CT molecular complexity index is 667. The van der Waals surface area contributed by atoms with E-state index in [4.69, 9.17) is 0 Å². The van der Waals surface area contributed by atoms with Crippen molar-refractivity contribution >= 4 is 16.6 Å². The van der Waals surface area contributed by atoms with Gasteiger partial charge in [-0.05, 0) is 63.0 Å². The van der Waals surface area contributed by atoms with Gasteiger partial charge in [-0.15, -0.1) is 0 Å². The number of benzene rings is 1. The first-order chi connectivity index (χ1) is 11.1. The summed E-state index contributed by atoms with van der Waals surface area (Å²) in [5.41, 5.74) is 0.694. The summed E-state index contributed by atoms with van der Waals surface area (Å²) in [7, 11) is 0. The molecule has 1 fully saturated rings. The van der Waals surface area contributed by atoms with Crippen molar-refractivity contribution in [3.8, 4) is 0 Å². The number of piperidine rings is 1. The maximum Gasteiger partial charge on any atom is 0.149 e. The van der Waals surface area contributed by atoms with E-state index >= 15 is 0 Å². The Morgan fingerprint density at radius 1 is 1.17 bits per heavy atom. The monoisotopic (exact) mass is 319 g/mol. The maximum atomic E-state index is 14.0. The standard InChI is InChI=1S/C18H23F2N3/c1-13-6-11-23(12-7-13)10-2-8-21-16-5-9-22-18-15(20)4-3-14(19)17(16)18/h3-5,9,13H,2,6-8,10-12H2,1H3,(H,21,22). The second-order valence-corrected chi connectivity index (χ2v) is 6.42. The largest absolute Gasteiger partial charge is 0.384 e. The van der Waals surface area contributed by atoms with Crippen LogP contribution in [-0.2, 0) is 0 Å². The molecule has 1 saturated heterocycles. The Kier molecular flexibility index (Phi) is 5.06. The van der Waals surface area contributed by atoms with Crippen LogP contribution in [0.4, 0.5) is 14.5 Å². The summed E-state index contributed by atoms with van der Waals surface area (Å²) in [5, 5.41) is 3.47. The molecule has 1 aliphatic rings. The van der Waals surface area contributed by atoms with Crippen LogP contribution >= 0.6 is 0 Å². The highest BCUT2D eigenvalue weighted by atomic mass is 19.1. The van der Waals surface area contributed by atoms with Crippen LogP contribution in [0.15, 0.2) is 24.4 Å². The van der Waals surface area contributed by atoms with Gasteiger partial charge in [0.2, 0.25) is 0 Å². The molecule has 0 unspecified atom stereocenters. The zero-order valence-corrected chi connectivity index (χ0v) is 13.5. The van der Waals surface area contributed by atoms with Crippen LogP contribution in [0.3, 0.4) is 0 Å². The Hall–Kier alpha value is -1.75. The number of aromatic nitrogens is 1. The third-order valence-electron chi connectivity index (χ3n) is 4.63. The molecule has 3 nitrogen and oxygen atoms in total. The number of pyridine rings is 1. The Balaban J connectivity index is 1.58. The van der Waals surface area contributed by atoms with Crippen molar-refractivity contribution in [2.75, 3.05) is 31.5 Å². The topological polar surface area (TPSA) is 28.2 Å². The van der Waals surface area contributed by atoms with E-state index < -0.39 is 11.6 Å². The first-order valence-electron chi connectivity index (χ1n) is 8.34. The SMILES string of the molecule is CC1CCN(CCCNc2ccnc3c(F)ccc(F)c23)CC1. The van der Waals surface area contributed by atoms with Crippen LogP contribution in [-0.4, -0.2) is 36.1 Å². The fourth-order valence-electron chi connectivity index (χ4n) is 3.15. The molecule has 0 saturated carbocycles. The molecule has 1 N–H and O–H groups in total. The first kappa shape index (κ1) is 16.1. The van der Waals surface area contributed by atoms with Crippen molar-refractivity contribution in [1.29, 1.82) is 0 Å². The second kappa shape index (κ2) is 7.21. The predicted molar refractivity (Wildman–Crippen MR) is 89.6 cm³/mol. The number of fused-ring (bicyclic) bond motifs is 1. The number of nitrogens with zero attached hydrogens (tertiary/aromatic N) is 2. The molecule has 0 aliphatic carbocycles. The lowest BCUT2D eigenvalue weighted by Crippen LogP contribution is -2.34. The molecule has 1 aliphatic heterocycles. The molecule has 1 aromatic carbocycles. The molecule has 0 radical (unpaired) electrons. The van der Waals surface area contributed by atoms with Gasteiger partial charge in [0.15, 0.2) is 0 Å². The van der Waals surface area contributed by atoms with Gasteiger partial charge in [-0.25, -0.2) is 8.78 Å². The van der Waals surface area contributed by atoms with Crippen LogP contribution in [0.2, 0.25) is 0 Å². The minimum Gasteiger partial charge on any atom is -0.384 e. The summed E-state index contributed by atoms with van der Waals surface area (Å²) in [4.78, 5) is 6.43. The Labute approximate surface area is 135 Å². The van der Waals surface area contributed by atoms with Crippen LogP contribution in [0.1, 0.15) is 26.2 Å². The highest BCUT2D eigenvalue weighted by molar-refractivity contribution is 5.91. The number of anilines is 1. The minimum absolute atomic E-state index is 0.0834. The van der Waals surface area contributed by atoms with Gasteiger partial charge in [-0.1, -0.05) is 6.92 Å². The number of likely N-dealkylation sites (tertiary alicyclic amines) is 1. The van der Waals surface area contributed by atoms with E-state index in [1.54, 1.807) is 6.07 Å². The van der Waals surface area contributed by atoms with Gasteiger partial charge in [-0.3, -0.25) is 4.98 Å². The van der Waals surface area contributed by atoms with Crippen LogP contribution in [0.5, 0.6) is 0 Å². The average Bonchev–Trinajstić information content (AvgIpc) is 2.57. The number of hydrogen-bond donors (Lipinski definition) is 1. The van der Waals surface area contributed by atoms with E-state index in [9.17, 15) is 8.78 Å². The van der Waals surface area contributed by atoms with Crippen molar-refractivity contribution in [3.05, 3.63) is 36.0 Å². The molecular weight excluding hydrogens is 296 g/mol. The van der Waals surface area contributed by atoms with Crippen molar-refractivity contribution in [1.82, 2.24) is 9.88 Å². The number of nitrogens with one attached hydrogen (secondary N) is 1. The van der Waals surface area contributed by atoms with E-state index in [0.29, 0.717) is 5.69 Å². The predicted octanol–water partition coefficient (Wildman–Crippen LogP) is 4.05. The second-order valence-electron chi connectivity index (χ2n) is 6.42. The van der Waals surface area contributed by atoms with Gasteiger partial charge in [0.05, 0.1) is 5.39 Å². The quantitative estimate of drug-likeness (QED) is 0.843. The minimum atomic E-state index is -0.493. The first-order valence-corrected chi connectivity index (χ1v) is 8.34. The molecule has 1 aromatic heterocycles. The zero-order chi connectivity index (χ0) is 16.2. The van der Waals surface area contributed by atoms with E-state index in [-0.39, 0.29) is 10.9 Å². The third-order valence-corrected chi connectivity index (χ3v) is 4.63. The molecule has 2 aromatic rings. The lowest BCUT2D eigenvalue weighted by Gasteiger charge is -2.30. The summed E-state index contributed by atoms with van der Waals surface area (Å²) in [6.07, 6.45) is 5.04. The number of rotatable bonds is 5. The zero-order valence-electron chi connectivity index (χ0n) is 13.5. The van der Waals surface area contributed by atoms with Crippen molar-refractivity contribution in [3.63, 3.8) is 0 Å². The highest BCUT2D eigenvalue weighted by Gasteiger charge is 2.15. The molecular formula is C18H23F2N3. The Morgan fingerprint density at radius 3 is 2.70 bits per heavy atom. The molecule has 3 rings (SSSR count). The van der Waals surface area contributed by atoms with Gasteiger partial charge in [-0.2, -0.15) is 0 Å². The average molecular weight is 319 g/mol. The molecule has 0 spiro atoms. The van der Waals surface area contributed by atoms with Gasteiger partial charge < -0.3 is 10.2 Å². The van der Waals surface area contributed by atoms with Crippen molar-refractivity contribution < 1.29 is 8.78 Å².